The largest absolute Gasteiger partial charge is 0.494 e. The maximum Gasteiger partial charge on any atom is 0.200 e. The van der Waals surface area contributed by atoms with Crippen molar-refractivity contribution in [3.05, 3.63) is 47.8 Å². The van der Waals surface area contributed by atoms with Gasteiger partial charge in [0.25, 0.3) is 0 Å². The molecular formula is C24H42F2O. The van der Waals surface area contributed by atoms with Crippen molar-refractivity contribution in [2.24, 2.45) is 17.8 Å². The van der Waals surface area contributed by atoms with Crippen LogP contribution in [-0.2, 0) is 4.74 Å². The summed E-state index contributed by atoms with van der Waals surface area (Å²) in [5, 5.41) is 0. The van der Waals surface area contributed by atoms with Gasteiger partial charge in [-0.3, -0.25) is 0 Å². The summed E-state index contributed by atoms with van der Waals surface area (Å²) >= 11 is 0. The van der Waals surface area contributed by atoms with E-state index in [0.717, 1.165) is 12.3 Å². The molecule has 3 unspecified atom stereocenters. The predicted octanol–water partition coefficient (Wildman–Crippen LogP) is 8.70. The Labute approximate surface area is 167 Å². The quantitative estimate of drug-likeness (QED) is 0.256. The van der Waals surface area contributed by atoms with E-state index in [1.807, 2.05) is 6.08 Å². The Morgan fingerprint density at radius 2 is 1.48 bits per heavy atom. The number of halogens is 2. The van der Waals surface area contributed by atoms with E-state index in [2.05, 4.69) is 59.4 Å². The molecule has 0 aromatic heterocycles. The normalized spacial score (nSPS) is 15.7. The van der Waals surface area contributed by atoms with Crippen molar-refractivity contribution in [1.82, 2.24) is 0 Å². The van der Waals surface area contributed by atoms with Crippen molar-refractivity contribution in [2.45, 2.75) is 80.6 Å². The fraction of sp³-hybridized carbons (Fsp3) is 0.667. The lowest BCUT2D eigenvalue weighted by Crippen LogP contribution is -2.09. The Kier molecular flexibility index (Phi) is 16.1. The van der Waals surface area contributed by atoms with Crippen molar-refractivity contribution in [2.75, 3.05) is 7.11 Å². The molecule has 0 radical (unpaired) electrons. The van der Waals surface area contributed by atoms with E-state index in [1.54, 1.807) is 6.92 Å². The first-order valence-electron chi connectivity index (χ1n) is 10.2. The van der Waals surface area contributed by atoms with Gasteiger partial charge in [-0.25, -0.2) is 4.39 Å². The maximum atomic E-state index is 14.0. The molecule has 0 aliphatic carbocycles. The van der Waals surface area contributed by atoms with Gasteiger partial charge in [0.1, 0.15) is 5.76 Å². The molecule has 0 N–H and O–H groups in total. The summed E-state index contributed by atoms with van der Waals surface area (Å²) in [6.07, 6.45) is 7.66. The highest BCUT2D eigenvalue weighted by Gasteiger charge is 2.16. The van der Waals surface area contributed by atoms with E-state index in [-0.39, 0.29) is 11.3 Å². The second-order valence-corrected chi connectivity index (χ2v) is 7.61. The first kappa shape index (κ1) is 27.8. The molecule has 0 saturated heterocycles. The van der Waals surface area contributed by atoms with Gasteiger partial charge in [0, 0.05) is 5.57 Å². The molecule has 0 aliphatic rings. The van der Waals surface area contributed by atoms with Crippen molar-refractivity contribution >= 4 is 0 Å². The fourth-order valence-electron chi connectivity index (χ4n) is 2.27. The molecule has 0 heterocycles. The lowest BCUT2D eigenvalue weighted by Gasteiger charge is -2.20. The third-order valence-electron chi connectivity index (χ3n) is 5.00. The molecule has 3 atom stereocenters. The second kappa shape index (κ2) is 15.7. The molecule has 0 fully saturated rings. The average Bonchev–Trinajstić information content (AvgIpc) is 2.67. The molecule has 0 spiro atoms. The fourth-order valence-corrected chi connectivity index (χ4v) is 2.27. The highest BCUT2D eigenvalue weighted by Crippen LogP contribution is 2.28. The van der Waals surface area contributed by atoms with Gasteiger partial charge in [-0.05, 0) is 36.7 Å². The van der Waals surface area contributed by atoms with Gasteiger partial charge in [-0.1, -0.05) is 86.5 Å². The Morgan fingerprint density at radius 1 is 0.963 bits per heavy atom. The van der Waals surface area contributed by atoms with Gasteiger partial charge < -0.3 is 4.74 Å². The maximum absolute atomic E-state index is 14.0. The van der Waals surface area contributed by atoms with Crippen molar-refractivity contribution in [1.29, 1.82) is 0 Å². The first-order chi connectivity index (χ1) is 12.6. The molecule has 0 aliphatic heterocycles. The zero-order valence-corrected chi connectivity index (χ0v) is 18.9. The Balaban J connectivity index is 0. The van der Waals surface area contributed by atoms with Gasteiger partial charge in [-0.2, -0.15) is 4.39 Å². The average molecular weight is 385 g/mol. The van der Waals surface area contributed by atoms with Crippen LogP contribution in [0.25, 0.3) is 0 Å². The molecule has 1 nitrogen and oxygen atoms in total. The lowest BCUT2D eigenvalue weighted by molar-refractivity contribution is 0.281. The van der Waals surface area contributed by atoms with E-state index < -0.39 is 11.7 Å². The predicted molar refractivity (Wildman–Crippen MR) is 116 cm³/mol. The molecule has 3 heteroatoms. The number of allylic oxidation sites excluding steroid dienone is 5. The van der Waals surface area contributed by atoms with Crippen molar-refractivity contribution in [3.63, 3.8) is 0 Å². The molecule has 158 valence electrons. The third-order valence-corrected chi connectivity index (χ3v) is 5.00. The van der Waals surface area contributed by atoms with Gasteiger partial charge in [0.15, 0.2) is 5.83 Å². The molecule has 27 heavy (non-hydrogen) atoms. The van der Waals surface area contributed by atoms with Crippen LogP contribution in [0.3, 0.4) is 0 Å². The van der Waals surface area contributed by atoms with Crippen LogP contribution in [0.4, 0.5) is 8.78 Å². The minimum Gasteiger partial charge on any atom is -0.494 e. The van der Waals surface area contributed by atoms with Gasteiger partial charge >= 0.3 is 0 Å². The van der Waals surface area contributed by atoms with Gasteiger partial charge in [0.05, 0.1) is 7.11 Å². The smallest absolute Gasteiger partial charge is 0.200 e. The topological polar surface area (TPSA) is 9.23 Å². The van der Waals surface area contributed by atoms with E-state index in [0.29, 0.717) is 17.4 Å². The molecule has 0 bridgehead atoms. The van der Waals surface area contributed by atoms with Crippen LogP contribution in [0.1, 0.15) is 80.6 Å². The molecule has 0 rings (SSSR count). The Morgan fingerprint density at radius 3 is 1.93 bits per heavy atom. The SMILES string of the molecule is C=C(OC)/C(F)=C(/F)C(=C)/C(C)=C/CC(C)C(C)CCC(C)CC.CCC. The number of hydrogen-bond donors (Lipinski definition) is 0. The van der Waals surface area contributed by atoms with E-state index in [1.165, 1.54) is 32.8 Å². The summed E-state index contributed by atoms with van der Waals surface area (Å²) in [6.45, 7) is 21.9. The standard InChI is InChI=1S/C21H34F2O.C3H8/c1-9-14(2)10-11-15(3)16(4)12-13-17(5)18(6)20(22)21(23)19(7)24-8;1-3-2/h13-16H,6-7,9-12H2,1-5,8H3;3H2,1-2H3/b17-13+,21-20-;. The molecule has 0 amide bonds. The van der Waals surface area contributed by atoms with Gasteiger partial charge in [-0.15, -0.1) is 0 Å². The zero-order valence-electron chi connectivity index (χ0n) is 18.9. The summed E-state index contributed by atoms with van der Waals surface area (Å²) in [5.74, 6) is -0.580. The number of rotatable bonds is 11. The summed E-state index contributed by atoms with van der Waals surface area (Å²) in [5.41, 5.74) is 0.692. The second-order valence-electron chi connectivity index (χ2n) is 7.61. The molecule has 0 aromatic rings. The van der Waals surface area contributed by atoms with Gasteiger partial charge in [0.2, 0.25) is 5.83 Å². The molecule has 0 saturated carbocycles. The van der Waals surface area contributed by atoms with Crippen LogP contribution >= 0.6 is 0 Å². The highest BCUT2D eigenvalue weighted by molar-refractivity contribution is 5.44. The van der Waals surface area contributed by atoms with Crippen LogP contribution in [0, 0.1) is 17.8 Å². The van der Waals surface area contributed by atoms with Crippen molar-refractivity contribution < 1.29 is 13.5 Å². The number of ether oxygens (including phenoxy) is 1. The van der Waals surface area contributed by atoms with E-state index in [4.69, 9.17) is 0 Å². The minimum atomic E-state index is -1.09. The summed E-state index contributed by atoms with van der Waals surface area (Å²) in [6, 6.07) is 0. The van der Waals surface area contributed by atoms with E-state index >= 15 is 0 Å². The number of methoxy groups -OCH3 is 1. The van der Waals surface area contributed by atoms with Crippen LogP contribution in [0.5, 0.6) is 0 Å². The first-order valence-corrected chi connectivity index (χ1v) is 10.2. The highest BCUT2D eigenvalue weighted by atomic mass is 19.2. The van der Waals surface area contributed by atoms with Crippen LogP contribution in [0.2, 0.25) is 0 Å². The summed E-state index contributed by atoms with van der Waals surface area (Å²) in [7, 11) is 1.25. The third kappa shape index (κ3) is 11.8. The monoisotopic (exact) mass is 384 g/mol. The zero-order chi connectivity index (χ0) is 21.6. The summed E-state index contributed by atoms with van der Waals surface area (Å²) in [4.78, 5) is 0. The van der Waals surface area contributed by atoms with Crippen LogP contribution < -0.4 is 0 Å². The number of hydrogen-bond acceptors (Lipinski definition) is 1. The summed E-state index contributed by atoms with van der Waals surface area (Å²) < 4.78 is 32.4. The Hall–Kier alpha value is -1.38. The molecular weight excluding hydrogens is 342 g/mol. The van der Waals surface area contributed by atoms with E-state index in [9.17, 15) is 8.78 Å². The van der Waals surface area contributed by atoms with Crippen LogP contribution in [-0.4, -0.2) is 7.11 Å². The Bertz CT molecular complexity index is 503. The van der Waals surface area contributed by atoms with Crippen molar-refractivity contribution in [3.8, 4) is 0 Å². The van der Waals surface area contributed by atoms with Crippen LogP contribution in [0.15, 0.2) is 47.8 Å². The molecule has 0 aromatic carbocycles. The minimum absolute atomic E-state index is 0.0464. The lowest BCUT2D eigenvalue weighted by atomic mass is 9.86.